The fourth-order valence-corrected chi connectivity index (χ4v) is 5.63. The summed E-state index contributed by atoms with van der Waals surface area (Å²) < 4.78 is 8.54. The normalized spacial score (nSPS) is 21.5. The largest absolute Gasteiger partial charge is 0.490 e. The van der Waals surface area contributed by atoms with Crippen molar-refractivity contribution < 1.29 is 4.74 Å². The summed E-state index contributed by atoms with van der Waals surface area (Å²) in [5, 5.41) is 5.92. The molecule has 1 saturated carbocycles. The third kappa shape index (κ3) is 3.79. The fraction of sp³-hybridized carbons (Fsp3) is 0.393. The summed E-state index contributed by atoms with van der Waals surface area (Å²) in [7, 11) is 4.43. The van der Waals surface area contributed by atoms with Gasteiger partial charge in [-0.3, -0.25) is 4.98 Å². The SMILES string of the molecule is CN(C1CCNCC1)C1CC(Oc2ccc(-c3ccc4c5cnccc5n(C)c4c3)cc2)C1. The van der Waals surface area contributed by atoms with E-state index in [9.17, 15) is 0 Å². The van der Waals surface area contributed by atoms with Crippen molar-refractivity contribution in [2.75, 3.05) is 20.1 Å². The lowest BCUT2D eigenvalue weighted by atomic mass is 9.86. The molecule has 5 heteroatoms. The Morgan fingerprint density at radius 2 is 1.67 bits per heavy atom. The molecule has 2 aromatic carbocycles. The van der Waals surface area contributed by atoms with Crippen LogP contribution in [0.15, 0.2) is 60.9 Å². The number of hydrogen-bond acceptors (Lipinski definition) is 4. The maximum Gasteiger partial charge on any atom is 0.119 e. The number of rotatable bonds is 5. The Morgan fingerprint density at radius 3 is 2.45 bits per heavy atom. The molecule has 0 amide bonds. The maximum absolute atomic E-state index is 6.29. The minimum absolute atomic E-state index is 0.339. The van der Waals surface area contributed by atoms with E-state index in [0.717, 1.165) is 37.7 Å². The van der Waals surface area contributed by atoms with Crippen molar-refractivity contribution in [3.05, 3.63) is 60.9 Å². The fourth-order valence-electron chi connectivity index (χ4n) is 5.63. The molecule has 2 fully saturated rings. The van der Waals surface area contributed by atoms with E-state index in [-0.39, 0.29) is 0 Å². The van der Waals surface area contributed by atoms with Crippen LogP contribution in [-0.4, -0.2) is 52.8 Å². The molecule has 170 valence electrons. The molecule has 0 spiro atoms. The average molecular weight is 441 g/mol. The molecule has 1 aliphatic carbocycles. The van der Waals surface area contributed by atoms with Crippen molar-refractivity contribution in [2.24, 2.45) is 7.05 Å². The van der Waals surface area contributed by atoms with Crippen LogP contribution in [-0.2, 0) is 7.05 Å². The van der Waals surface area contributed by atoms with Gasteiger partial charge in [0.2, 0.25) is 0 Å². The monoisotopic (exact) mass is 440 g/mol. The van der Waals surface area contributed by atoms with Gasteiger partial charge in [0, 0.05) is 60.7 Å². The van der Waals surface area contributed by atoms with E-state index in [2.05, 4.69) is 82.4 Å². The Bertz CT molecular complexity index is 1270. The van der Waals surface area contributed by atoms with Gasteiger partial charge < -0.3 is 19.5 Å². The number of ether oxygens (including phenoxy) is 1. The quantitative estimate of drug-likeness (QED) is 0.475. The highest BCUT2D eigenvalue weighted by atomic mass is 16.5. The number of pyridine rings is 1. The van der Waals surface area contributed by atoms with Crippen LogP contribution in [0.3, 0.4) is 0 Å². The highest BCUT2D eigenvalue weighted by Gasteiger charge is 2.36. The molecule has 3 heterocycles. The first-order valence-corrected chi connectivity index (χ1v) is 12.2. The molecule has 1 aliphatic heterocycles. The molecule has 6 rings (SSSR count). The molecule has 0 bridgehead atoms. The lowest BCUT2D eigenvalue weighted by Gasteiger charge is -2.45. The van der Waals surface area contributed by atoms with E-state index in [4.69, 9.17) is 4.74 Å². The molecule has 1 N–H and O–H groups in total. The topological polar surface area (TPSA) is 42.3 Å². The molecule has 0 atom stereocenters. The average Bonchev–Trinajstić information content (AvgIpc) is 3.13. The van der Waals surface area contributed by atoms with E-state index in [1.807, 2.05) is 12.4 Å². The number of aryl methyl sites for hydroxylation is 1. The molecule has 0 radical (unpaired) electrons. The second-order valence-corrected chi connectivity index (χ2v) is 9.72. The lowest BCUT2D eigenvalue weighted by molar-refractivity contribution is 0.00428. The maximum atomic E-state index is 6.29. The van der Waals surface area contributed by atoms with E-state index in [0.29, 0.717) is 12.1 Å². The number of nitrogens with zero attached hydrogens (tertiary/aromatic N) is 3. The standard InChI is InChI=1S/C28H32N4O/c1-31(21-9-12-29-13-10-21)22-16-24(17-22)33-23-6-3-19(4-7-23)20-5-8-25-26-18-30-14-11-27(26)32(2)28(25)15-20/h3-8,11,14-15,18,21-22,24,29H,9-10,12-13,16-17H2,1-2H3. The van der Waals surface area contributed by atoms with Crippen molar-refractivity contribution in [1.29, 1.82) is 0 Å². The molecular formula is C28H32N4O. The molecular weight excluding hydrogens is 408 g/mol. The molecule has 2 aliphatic rings. The second kappa shape index (κ2) is 8.47. The van der Waals surface area contributed by atoms with Crippen molar-refractivity contribution in [3.63, 3.8) is 0 Å². The predicted molar refractivity (Wildman–Crippen MR) is 135 cm³/mol. The van der Waals surface area contributed by atoms with E-state index < -0.39 is 0 Å². The number of aromatic nitrogens is 2. The molecule has 4 aromatic rings. The van der Waals surface area contributed by atoms with Crippen molar-refractivity contribution in [1.82, 2.24) is 19.8 Å². The number of nitrogens with one attached hydrogen (secondary N) is 1. The summed E-state index contributed by atoms with van der Waals surface area (Å²) in [4.78, 5) is 6.91. The van der Waals surface area contributed by atoms with Gasteiger partial charge >= 0.3 is 0 Å². The van der Waals surface area contributed by atoms with Gasteiger partial charge in [0.25, 0.3) is 0 Å². The molecule has 2 aromatic heterocycles. The highest BCUT2D eigenvalue weighted by Crippen LogP contribution is 2.34. The van der Waals surface area contributed by atoms with Crippen LogP contribution in [0.4, 0.5) is 0 Å². The zero-order valence-electron chi connectivity index (χ0n) is 19.5. The third-order valence-corrected chi connectivity index (χ3v) is 7.83. The van der Waals surface area contributed by atoms with E-state index in [1.165, 1.54) is 45.8 Å². The number of piperidine rings is 1. The third-order valence-electron chi connectivity index (χ3n) is 7.83. The van der Waals surface area contributed by atoms with Crippen LogP contribution >= 0.6 is 0 Å². The van der Waals surface area contributed by atoms with Crippen LogP contribution in [0.1, 0.15) is 25.7 Å². The molecule has 1 saturated heterocycles. The van der Waals surface area contributed by atoms with Gasteiger partial charge in [-0.2, -0.15) is 0 Å². The van der Waals surface area contributed by atoms with E-state index >= 15 is 0 Å². The zero-order valence-corrected chi connectivity index (χ0v) is 19.5. The van der Waals surface area contributed by atoms with Crippen LogP contribution < -0.4 is 10.1 Å². The van der Waals surface area contributed by atoms with Gasteiger partial charge in [0.1, 0.15) is 11.9 Å². The van der Waals surface area contributed by atoms with Gasteiger partial charge in [-0.15, -0.1) is 0 Å². The summed E-state index contributed by atoms with van der Waals surface area (Å²) in [6, 6.07) is 18.8. The van der Waals surface area contributed by atoms with Gasteiger partial charge in [-0.1, -0.05) is 24.3 Å². The first-order valence-electron chi connectivity index (χ1n) is 12.2. The summed E-state index contributed by atoms with van der Waals surface area (Å²) in [5.74, 6) is 0.975. The minimum atomic E-state index is 0.339. The summed E-state index contributed by atoms with van der Waals surface area (Å²) in [6.07, 6.45) is 8.95. The van der Waals surface area contributed by atoms with Gasteiger partial charge in [-0.05, 0) is 68.4 Å². The first-order chi connectivity index (χ1) is 16.2. The highest BCUT2D eigenvalue weighted by molar-refractivity contribution is 6.08. The van der Waals surface area contributed by atoms with Crippen molar-refractivity contribution >= 4 is 21.8 Å². The van der Waals surface area contributed by atoms with Gasteiger partial charge in [0.05, 0.1) is 5.52 Å². The van der Waals surface area contributed by atoms with Crippen molar-refractivity contribution in [2.45, 2.75) is 43.9 Å². The van der Waals surface area contributed by atoms with Crippen LogP contribution in [0.25, 0.3) is 32.9 Å². The number of hydrogen-bond donors (Lipinski definition) is 1. The minimum Gasteiger partial charge on any atom is -0.490 e. The van der Waals surface area contributed by atoms with Crippen LogP contribution in [0.5, 0.6) is 5.75 Å². The smallest absolute Gasteiger partial charge is 0.119 e. The Hall–Kier alpha value is -2.89. The number of fused-ring (bicyclic) bond motifs is 3. The Balaban J connectivity index is 1.12. The van der Waals surface area contributed by atoms with Gasteiger partial charge in [0.15, 0.2) is 0 Å². The predicted octanol–water partition coefficient (Wildman–Crippen LogP) is 4.99. The molecule has 33 heavy (non-hydrogen) atoms. The Morgan fingerprint density at radius 1 is 0.909 bits per heavy atom. The first kappa shape index (κ1) is 20.7. The molecule has 5 nitrogen and oxygen atoms in total. The van der Waals surface area contributed by atoms with Crippen LogP contribution in [0, 0.1) is 0 Å². The van der Waals surface area contributed by atoms with Gasteiger partial charge in [-0.25, -0.2) is 0 Å². The summed E-state index contributed by atoms with van der Waals surface area (Å²) in [6.45, 7) is 2.30. The van der Waals surface area contributed by atoms with Crippen molar-refractivity contribution in [3.8, 4) is 16.9 Å². The van der Waals surface area contributed by atoms with E-state index in [1.54, 1.807) is 0 Å². The Kier molecular flexibility index (Phi) is 5.31. The molecule has 0 unspecified atom stereocenters. The Labute approximate surface area is 195 Å². The lowest BCUT2D eigenvalue weighted by Crippen LogP contribution is -2.53. The summed E-state index contributed by atoms with van der Waals surface area (Å²) >= 11 is 0. The van der Waals surface area contributed by atoms with Crippen LogP contribution in [0.2, 0.25) is 0 Å². The summed E-state index contributed by atoms with van der Waals surface area (Å²) in [5.41, 5.74) is 4.88. The zero-order chi connectivity index (χ0) is 22.4. The number of benzene rings is 2. The second-order valence-electron chi connectivity index (χ2n) is 9.72.